The highest BCUT2D eigenvalue weighted by molar-refractivity contribution is 8.93. The Morgan fingerprint density at radius 2 is 1.54 bits per heavy atom. The average Bonchev–Trinajstić information content (AvgIpc) is 2.21. The van der Waals surface area contributed by atoms with E-state index in [9.17, 15) is 0 Å². The average molecular weight is 238 g/mol. The molecule has 0 bridgehead atoms. The maximum Gasteiger partial charge on any atom is 0.0449 e. The second-order valence-electron chi connectivity index (χ2n) is 2.75. The van der Waals surface area contributed by atoms with E-state index in [2.05, 4.69) is 41.6 Å². The van der Waals surface area contributed by atoms with Gasteiger partial charge in [0.05, 0.1) is 0 Å². The van der Waals surface area contributed by atoms with Crippen LogP contribution in [0.1, 0.15) is 6.42 Å². The van der Waals surface area contributed by atoms with Crippen LogP contribution in [0.5, 0.6) is 0 Å². The maximum absolute atomic E-state index is 2.15. The van der Waals surface area contributed by atoms with Crippen LogP contribution in [0.25, 0.3) is 0 Å². The van der Waals surface area contributed by atoms with Gasteiger partial charge in [-0.1, -0.05) is 30.4 Å². The van der Waals surface area contributed by atoms with E-state index in [1.807, 2.05) is 18.2 Å². The molecule has 1 heterocycles. The molecule has 0 unspecified atom stereocenters. The molecule has 13 heavy (non-hydrogen) atoms. The van der Waals surface area contributed by atoms with Crippen LogP contribution in [0.4, 0.5) is 5.69 Å². The van der Waals surface area contributed by atoms with Crippen molar-refractivity contribution >= 4 is 22.7 Å². The highest BCUT2D eigenvalue weighted by Crippen LogP contribution is 2.16. The fourth-order valence-electron chi connectivity index (χ4n) is 1.25. The number of para-hydroxylation sites is 1. The van der Waals surface area contributed by atoms with Crippen LogP contribution < -0.4 is 4.90 Å². The van der Waals surface area contributed by atoms with E-state index in [1.54, 1.807) is 0 Å². The zero-order valence-corrected chi connectivity index (χ0v) is 8.97. The number of nitrogens with zero attached hydrogens (tertiary/aromatic N) is 1. The minimum atomic E-state index is 0. The predicted octanol–water partition coefficient (Wildman–Crippen LogP) is 3.50. The van der Waals surface area contributed by atoms with Crippen molar-refractivity contribution in [1.82, 2.24) is 0 Å². The molecule has 1 aliphatic rings. The number of hydrogen-bond donors (Lipinski definition) is 0. The third-order valence-corrected chi connectivity index (χ3v) is 1.86. The van der Waals surface area contributed by atoms with Gasteiger partial charge in [0.15, 0.2) is 0 Å². The zero-order chi connectivity index (χ0) is 8.23. The van der Waals surface area contributed by atoms with Gasteiger partial charge in [-0.05, 0) is 18.6 Å². The Bertz CT molecular complexity index is 291. The minimum Gasteiger partial charge on any atom is -0.324 e. The summed E-state index contributed by atoms with van der Waals surface area (Å²) in [4.78, 5) is 2.11. The molecular weight excluding hydrogens is 226 g/mol. The van der Waals surface area contributed by atoms with E-state index in [-0.39, 0.29) is 17.0 Å². The molecule has 2 heteroatoms. The molecule has 1 aromatic carbocycles. The molecule has 2 rings (SSSR count). The molecule has 1 aliphatic heterocycles. The van der Waals surface area contributed by atoms with Crippen molar-refractivity contribution < 1.29 is 0 Å². The van der Waals surface area contributed by atoms with Gasteiger partial charge >= 0.3 is 0 Å². The van der Waals surface area contributed by atoms with Gasteiger partial charge in [0.1, 0.15) is 0 Å². The van der Waals surface area contributed by atoms with Crippen molar-refractivity contribution in [3.63, 3.8) is 0 Å². The topological polar surface area (TPSA) is 3.24 Å². The lowest BCUT2D eigenvalue weighted by molar-refractivity contribution is 1.18. The van der Waals surface area contributed by atoms with E-state index in [1.165, 1.54) is 5.69 Å². The molecule has 0 saturated heterocycles. The van der Waals surface area contributed by atoms with Gasteiger partial charge in [0.2, 0.25) is 0 Å². The Balaban J connectivity index is 0.000000845. The molecule has 0 aromatic heterocycles. The van der Waals surface area contributed by atoms with Crippen molar-refractivity contribution in [2.45, 2.75) is 6.42 Å². The maximum atomic E-state index is 2.15. The number of allylic oxidation sites excluding steroid dienone is 2. The lowest BCUT2D eigenvalue weighted by atomic mass is 10.2. The first-order valence-electron chi connectivity index (χ1n) is 4.13. The smallest absolute Gasteiger partial charge is 0.0449 e. The van der Waals surface area contributed by atoms with Crippen LogP contribution in [-0.2, 0) is 0 Å². The van der Waals surface area contributed by atoms with Crippen molar-refractivity contribution in [3.05, 3.63) is 54.9 Å². The number of anilines is 1. The summed E-state index contributed by atoms with van der Waals surface area (Å²) in [5.41, 5.74) is 1.21. The van der Waals surface area contributed by atoms with Crippen LogP contribution in [-0.4, -0.2) is 0 Å². The van der Waals surface area contributed by atoms with Gasteiger partial charge in [-0.2, -0.15) is 0 Å². The quantitative estimate of drug-likeness (QED) is 0.723. The Hall–Kier alpha value is -1.02. The molecule has 0 atom stereocenters. The minimum absolute atomic E-state index is 0. The second kappa shape index (κ2) is 4.87. The summed E-state index contributed by atoms with van der Waals surface area (Å²) in [6.07, 6.45) is 9.52. The highest BCUT2D eigenvalue weighted by Gasteiger charge is 1.98. The number of benzene rings is 1. The van der Waals surface area contributed by atoms with Gasteiger partial charge in [-0.15, -0.1) is 17.0 Å². The first-order chi connectivity index (χ1) is 5.97. The van der Waals surface area contributed by atoms with Gasteiger partial charge in [0, 0.05) is 18.1 Å². The Morgan fingerprint density at radius 3 is 2.15 bits per heavy atom. The summed E-state index contributed by atoms with van der Waals surface area (Å²) in [6, 6.07) is 10.3. The summed E-state index contributed by atoms with van der Waals surface area (Å²) in [5, 5.41) is 0. The molecule has 0 radical (unpaired) electrons. The predicted molar refractivity (Wildman–Crippen MR) is 62.1 cm³/mol. The van der Waals surface area contributed by atoms with E-state index in [0.717, 1.165) is 6.42 Å². The van der Waals surface area contributed by atoms with Gasteiger partial charge in [0.25, 0.3) is 0 Å². The molecule has 0 fully saturated rings. The molecule has 68 valence electrons. The standard InChI is InChI=1S/C11H11N.BrH/c1-3-7-11(8-4-1)12-9-5-2-6-10-12;/h1,3-10H,2H2;1H. The number of hydrogen-bond acceptors (Lipinski definition) is 1. The fraction of sp³-hybridized carbons (Fsp3) is 0.0909. The van der Waals surface area contributed by atoms with Crippen LogP contribution in [0, 0.1) is 0 Å². The molecule has 0 amide bonds. The van der Waals surface area contributed by atoms with E-state index < -0.39 is 0 Å². The fourth-order valence-corrected chi connectivity index (χ4v) is 1.25. The lowest BCUT2D eigenvalue weighted by Gasteiger charge is -2.17. The van der Waals surface area contributed by atoms with E-state index in [4.69, 9.17) is 0 Å². The number of rotatable bonds is 1. The van der Waals surface area contributed by atoms with Crippen molar-refractivity contribution in [2.24, 2.45) is 0 Å². The third kappa shape index (κ3) is 2.46. The highest BCUT2D eigenvalue weighted by atomic mass is 79.9. The second-order valence-corrected chi connectivity index (χ2v) is 2.75. The molecule has 0 saturated carbocycles. The molecular formula is C11H12BrN. The number of halogens is 1. The van der Waals surface area contributed by atoms with Gasteiger partial charge < -0.3 is 4.90 Å². The zero-order valence-electron chi connectivity index (χ0n) is 7.26. The van der Waals surface area contributed by atoms with E-state index >= 15 is 0 Å². The summed E-state index contributed by atoms with van der Waals surface area (Å²) in [5.74, 6) is 0. The summed E-state index contributed by atoms with van der Waals surface area (Å²) < 4.78 is 0. The van der Waals surface area contributed by atoms with Gasteiger partial charge in [-0.25, -0.2) is 0 Å². The molecule has 0 spiro atoms. The van der Waals surface area contributed by atoms with Crippen LogP contribution in [0.15, 0.2) is 54.9 Å². The van der Waals surface area contributed by atoms with Crippen LogP contribution in [0.3, 0.4) is 0 Å². The van der Waals surface area contributed by atoms with E-state index in [0.29, 0.717) is 0 Å². The Morgan fingerprint density at radius 1 is 0.923 bits per heavy atom. The monoisotopic (exact) mass is 237 g/mol. The first kappa shape index (κ1) is 10.1. The largest absolute Gasteiger partial charge is 0.324 e. The van der Waals surface area contributed by atoms with Crippen LogP contribution in [0.2, 0.25) is 0 Å². The summed E-state index contributed by atoms with van der Waals surface area (Å²) in [7, 11) is 0. The van der Waals surface area contributed by atoms with Crippen molar-refractivity contribution in [2.75, 3.05) is 4.90 Å². The molecule has 0 N–H and O–H groups in total. The molecule has 1 nitrogen and oxygen atoms in total. The Kier molecular flexibility index (Phi) is 3.77. The molecule has 0 aliphatic carbocycles. The van der Waals surface area contributed by atoms with Gasteiger partial charge in [-0.3, -0.25) is 0 Å². The lowest BCUT2D eigenvalue weighted by Crippen LogP contribution is -2.08. The third-order valence-electron chi connectivity index (χ3n) is 1.86. The van der Waals surface area contributed by atoms with Crippen LogP contribution >= 0.6 is 17.0 Å². The SMILES string of the molecule is Br.C1=CN(c2ccccc2)C=CC1. The molecule has 1 aromatic rings. The normalized spacial score (nSPS) is 14.0. The van der Waals surface area contributed by atoms with Crippen molar-refractivity contribution in [3.8, 4) is 0 Å². The first-order valence-corrected chi connectivity index (χ1v) is 4.13. The summed E-state index contributed by atoms with van der Waals surface area (Å²) >= 11 is 0. The Labute approximate surface area is 89.1 Å². The van der Waals surface area contributed by atoms with Crippen molar-refractivity contribution in [1.29, 1.82) is 0 Å². The summed E-state index contributed by atoms with van der Waals surface area (Å²) in [6.45, 7) is 0.